The van der Waals surface area contributed by atoms with Gasteiger partial charge in [0.05, 0.1) is 5.60 Å². The van der Waals surface area contributed by atoms with Crippen molar-refractivity contribution in [1.29, 1.82) is 0 Å². The molecule has 0 amide bonds. The van der Waals surface area contributed by atoms with Crippen molar-refractivity contribution < 1.29 is 13.5 Å². The first kappa shape index (κ1) is 15.4. The molecule has 1 aliphatic rings. The largest absolute Gasteiger partial charge is 0.367 e. The summed E-state index contributed by atoms with van der Waals surface area (Å²) in [6.07, 6.45) is 5.87. The van der Waals surface area contributed by atoms with Crippen LogP contribution in [-0.4, -0.2) is 18.8 Å². The van der Waals surface area contributed by atoms with E-state index in [1.807, 2.05) is 0 Å². The Balaban J connectivity index is 2.01. The molecule has 0 heterocycles. The summed E-state index contributed by atoms with van der Waals surface area (Å²) in [5.41, 5.74) is 5.25. The molecule has 2 N–H and O–H groups in total. The lowest BCUT2D eigenvalue weighted by Gasteiger charge is -2.33. The minimum absolute atomic E-state index is 0.000735. The Morgan fingerprint density at radius 2 is 1.65 bits per heavy atom. The topological polar surface area (TPSA) is 35.2 Å². The van der Waals surface area contributed by atoms with Gasteiger partial charge >= 0.3 is 0 Å². The highest BCUT2D eigenvalue weighted by Gasteiger charge is 2.37. The fraction of sp³-hybridized carbons (Fsp3) is 0.625. The van der Waals surface area contributed by atoms with E-state index < -0.39 is 18.1 Å². The molecule has 1 saturated carbocycles. The monoisotopic (exact) mass is 283 g/mol. The van der Waals surface area contributed by atoms with Crippen LogP contribution in [0, 0.1) is 0 Å². The third-order valence-corrected chi connectivity index (χ3v) is 4.14. The summed E-state index contributed by atoms with van der Waals surface area (Å²) < 4.78 is 34.0. The highest BCUT2D eigenvalue weighted by atomic mass is 19.3. The number of nitrogens with two attached hydrogens (primary N) is 1. The number of hydrogen-bond acceptors (Lipinski definition) is 2. The predicted molar refractivity (Wildman–Crippen MR) is 75.8 cm³/mol. The molecule has 0 bridgehead atoms. The lowest BCUT2D eigenvalue weighted by molar-refractivity contribution is -0.145. The van der Waals surface area contributed by atoms with E-state index in [1.165, 1.54) is 12.1 Å². The second-order valence-electron chi connectivity index (χ2n) is 5.66. The second-order valence-corrected chi connectivity index (χ2v) is 5.66. The molecular formula is C16H23F2NO. The van der Waals surface area contributed by atoms with Crippen LogP contribution in [0.25, 0.3) is 0 Å². The Kier molecular flexibility index (Phi) is 5.11. The molecule has 0 aliphatic heterocycles. The summed E-state index contributed by atoms with van der Waals surface area (Å²) in [7, 11) is 0. The van der Waals surface area contributed by atoms with Crippen molar-refractivity contribution in [3.05, 3.63) is 35.9 Å². The van der Waals surface area contributed by atoms with Crippen LogP contribution in [-0.2, 0) is 10.7 Å². The molecule has 0 radical (unpaired) electrons. The van der Waals surface area contributed by atoms with E-state index in [0.29, 0.717) is 6.54 Å². The van der Waals surface area contributed by atoms with Crippen molar-refractivity contribution in [3.8, 4) is 0 Å². The van der Waals surface area contributed by atoms with Crippen LogP contribution in [0.5, 0.6) is 0 Å². The highest BCUT2D eigenvalue weighted by molar-refractivity contribution is 5.20. The van der Waals surface area contributed by atoms with Gasteiger partial charge in [-0.25, -0.2) is 0 Å². The summed E-state index contributed by atoms with van der Waals surface area (Å²) in [5, 5.41) is 0. The fourth-order valence-electron chi connectivity index (χ4n) is 2.79. The SMILES string of the molecule is NCC1(OCC(F)(F)c2ccccc2)CCCCCC1. The maximum absolute atomic E-state index is 14.2. The molecule has 112 valence electrons. The van der Waals surface area contributed by atoms with Crippen molar-refractivity contribution in [1.82, 2.24) is 0 Å². The fourth-order valence-corrected chi connectivity index (χ4v) is 2.79. The Morgan fingerprint density at radius 1 is 1.05 bits per heavy atom. The number of halogens is 2. The van der Waals surface area contributed by atoms with Gasteiger partial charge in [-0.3, -0.25) is 0 Å². The number of alkyl halides is 2. The number of benzene rings is 1. The molecule has 2 rings (SSSR count). The lowest BCUT2D eigenvalue weighted by atomic mass is 9.94. The Hall–Kier alpha value is -1.00. The highest BCUT2D eigenvalue weighted by Crippen LogP contribution is 2.34. The molecule has 1 aromatic carbocycles. The molecule has 0 atom stereocenters. The first-order valence-corrected chi connectivity index (χ1v) is 7.35. The van der Waals surface area contributed by atoms with E-state index in [4.69, 9.17) is 10.5 Å². The molecule has 0 spiro atoms. The summed E-state index contributed by atoms with van der Waals surface area (Å²) in [5.74, 6) is -2.96. The smallest absolute Gasteiger partial charge is 0.296 e. The zero-order valence-electron chi connectivity index (χ0n) is 11.8. The zero-order chi connectivity index (χ0) is 14.5. The molecule has 1 aromatic rings. The Morgan fingerprint density at radius 3 is 2.20 bits per heavy atom. The van der Waals surface area contributed by atoms with E-state index >= 15 is 0 Å². The van der Waals surface area contributed by atoms with Crippen molar-refractivity contribution in [2.24, 2.45) is 5.73 Å². The van der Waals surface area contributed by atoms with E-state index in [0.717, 1.165) is 38.5 Å². The first-order valence-electron chi connectivity index (χ1n) is 7.35. The van der Waals surface area contributed by atoms with Crippen LogP contribution in [0.4, 0.5) is 8.78 Å². The van der Waals surface area contributed by atoms with Gasteiger partial charge in [0.2, 0.25) is 0 Å². The quantitative estimate of drug-likeness (QED) is 0.833. The number of rotatable bonds is 5. The molecule has 0 unspecified atom stereocenters. The van der Waals surface area contributed by atoms with Gasteiger partial charge in [0.15, 0.2) is 0 Å². The van der Waals surface area contributed by atoms with Crippen LogP contribution in [0.2, 0.25) is 0 Å². The molecule has 2 nitrogen and oxygen atoms in total. The molecule has 1 fully saturated rings. The Labute approximate surface area is 119 Å². The van der Waals surface area contributed by atoms with Gasteiger partial charge in [0.25, 0.3) is 5.92 Å². The average molecular weight is 283 g/mol. The van der Waals surface area contributed by atoms with Gasteiger partial charge in [0, 0.05) is 12.1 Å². The lowest BCUT2D eigenvalue weighted by Crippen LogP contribution is -2.43. The van der Waals surface area contributed by atoms with Crippen LogP contribution >= 0.6 is 0 Å². The van der Waals surface area contributed by atoms with Crippen molar-refractivity contribution >= 4 is 0 Å². The summed E-state index contributed by atoms with van der Waals surface area (Å²) in [4.78, 5) is 0. The van der Waals surface area contributed by atoms with Crippen molar-refractivity contribution in [2.75, 3.05) is 13.2 Å². The normalized spacial score (nSPS) is 19.6. The van der Waals surface area contributed by atoms with Gasteiger partial charge in [0.1, 0.15) is 6.61 Å². The molecular weight excluding hydrogens is 260 g/mol. The average Bonchev–Trinajstić information content (AvgIpc) is 2.72. The van der Waals surface area contributed by atoms with E-state index in [1.54, 1.807) is 18.2 Å². The van der Waals surface area contributed by atoms with Gasteiger partial charge in [-0.1, -0.05) is 56.0 Å². The summed E-state index contributed by atoms with van der Waals surface area (Å²) in [6.45, 7) is -0.272. The van der Waals surface area contributed by atoms with Gasteiger partial charge < -0.3 is 10.5 Å². The van der Waals surface area contributed by atoms with Crippen molar-refractivity contribution in [2.45, 2.75) is 50.0 Å². The number of hydrogen-bond donors (Lipinski definition) is 1. The third-order valence-electron chi connectivity index (χ3n) is 4.14. The van der Waals surface area contributed by atoms with E-state index in [-0.39, 0.29) is 5.56 Å². The minimum Gasteiger partial charge on any atom is -0.367 e. The van der Waals surface area contributed by atoms with Crippen LogP contribution in [0.3, 0.4) is 0 Å². The summed E-state index contributed by atoms with van der Waals surface area (Å²) >= 11 is 0. The molecule has 0 aromatic heterocycles. The van der Waals surface area contributed by atoms with Gasteiger partial charge in [-0.05, 0) is 12.8 Å². The standard InChI is InChI=1S/C16H23F2NO/c17-16(18,14-8-4-3-5-9-14)13-20-15(12-19)10-6-1-2-7-11-15/h3-5,8-9H,1-2,6-7,10-13,19H2. The molecule has 4 heteroatoms. The second kappa shape index (κ2) is 6.64. The molecule has 1 aliphatic carbocycles. The maximum atomic E-state index is 14.2. The first-order chi connectivity index (χ1) is 9.58. The zero-order valence-corrected chi connectivity index (χ0v) is 11.8. The van der Waals surface area contributed by atoms with Gasteiger partial charge in [-0.2, -0.15) is 8.78 Å². The van der Waals surface area contributed by atoms with E-state index in [9.17, 15) is 8.78 Å². The Bertz CT molecular complexity index is 400. The van der Waals surface area contributed by atoms with Crippen LogP contribution < -0.4 is 5.73 Å². The van der Waals surface area contributed by atoms with Gasteiger partial charge in [-0.15, -0.1) is 0 Å². The molecule has 0 saturated heterocycles. The minimum atomic E-state index is -2.96. The van der Waals surface area contributed by atoms with Crippen molar-refractivity contribution in [3.63, 3.8) is 0 Å². The molecule has 20 heavy (non-hydrogen) atoms. The predicted octanol–water partition coefficient (Wildman–Crippen LogP) is 3.85. The van der Waals surface area contributed by atoms with Crippen LogP contribution in [0.15, 0.2) is 30.3 Å². The van der Waals surface area contributed by atoms with E-state index in [2.05, 4.69) is 0 Å². The number of ether oxygens (including phenoxy) is 1. The van der Waals surface area contributed by atoms with Crippen LogP contribution in [0.1, 0.15) is 44.1 Å². The third kappa shape index (κ3) is 3.76. The maximum Gasteiger partial charge on any atom is 0.296 e. The summed E-state index contributed by atoms with van der Waals surface area (Å²) in [6, 6.07) is 7.84.